The molecule has 1 aromatic heterocycles. The molecule has 0 radical (unpaired) electrons. The van der Waals surface area contributed by atoms with Crippen molar-refractivity contribution in [1.29, 1.82) is 0 Å². The van der Waals surface area contributed by atoms with Gasteiger partial charge < -0.3 is 0 Å². The molecule has 0 aliphatic carbocycles. The third-order valence-corrected chi connectivity index (χ3v) is 3.42. The van der Waals surface area contributed by atoms with E-state index in [-0.39, 0.29) is 11.8 Å². The molecule has 0 fully saturated rings. The predicted molar refractivity (Wildman–Crippen MR) is 71.5 cm³/mol. The van der Waals surface area contributed by atoms with Gasteiger partial charge in [-0.1, -0.05) is 25.5 Å². The number of nitrogens with zero attached hydrogens (tertiary/aromatic N) is 3. The van der Waals surface area contributed by atoms with E-state index in [4.69, 9.17) is 0 Å². The first kappa shape index (κ1) is 11.1. The number of para-hydroxylation sites is 2. The molecule has 4 heteroatoms. The molecule has 2 heterocycles. The molecule has 0 bridgehead atoms. The third kappa shape index (κ3) is 1.49. The standard InChI is InChI=1S/C14H15N3O/c1-3-6-10-9(2)15-14-16-11-7-4-5-8-12(11)17(14)13(10)18/h4-5,7-8,10H,3,6H2,1-2H3. The number of benzene rings is 1. The molecule has 0 amide bonds. The molecule has 1 aromatic carbocycles. The van der Waals surface area contributed by atoms with Crippen molar-refractivity contribution in [2.45, 2.75) is 26.7 Å². The molecule has 92 valence electrons. The lowest BCUT2D eigenvalue weighted by molar-refractivity contribution is 0.0869. The Morgan fingerprint density at radius 3 is 2.89 bits per heavy atom. The van der Waals surface area contributed by atoms with E-state index in [9.17, 15) is 4.79 Å². The van der Waals surface area contributed by atoms with Crippen LogP contribution in [-0.4, -0.2) is 21.2 Å². The van der Waals surface area contributed by atoms with Crippen molar-refractivity contribution in [2.75, 3.05) is 0 Å². The number of carbonyl (C=O) groups excluding carboxylic acids is 1. The normalized spacial score (nSPS) is 18.9. The zero-order valence-electron chi connectivity index (χ0n) is 10.6. The molecule has 4 nitrogen and oxygen atoms in total. The summed E-state index contributed by atoms with van der Waals surface area (Å²) in [6, 6.07) is 7.67. The maximum atomic E-state index is 12.5. The summed E-state index contributed by atoms with van der Waals surface area (Å²) >= 11 is 0. The van der Waals surface area contributed by atoms with Crippen LogP contribution in [0, 0.1) is 5.92 Å². The van der Waals surface area contributed by atoms with Gasteiger partial charge in [-0.3, -0.25) is 4.79 Å². The highest BCUT2D eigenvalue weighted by Gasteiger charge is 2.30. The van der Waals surface area contributed by atoms with Crippen LogP contribution in [-0.2, 0) is 0 Å². The van der Waals surface area contributed by atoms with E-state index in [1.807, 2.05) is 31.2 Å². The highest BCUT2D eigenvalue weighted by molar-refractivity contribution is 6.10. The second-order valence-electron chi connectivity index (χ2n) is 4.67. The van der Waals surface area contributed by atoms with Crippen LogP contribution in [0.1, 0.15) is 31.5 Å². The molecule has 0 N–H and O–H groups in total. The van der Waals surface area contributed by atoms with Crippen LogP contribution in [0.3, 0.4) is 0 Å². The Bertz CT molecular complexity index is 654. The molecule has 0 saturated heterocycles. The predicted octanol–water partition coefficient (Wildman–Crippen LogP) is 3.20. The fourth-order valence-corrected chi connectivity index (χ4v) is 2.50. The summed E-state index contributed by atoms with van der Waals surface area (Å²) in [4.78, 5) is 21.4. The molecule has 2 aromatic rings. The van der Waals surface area contributed by atoms with Crippen LogP contribution in [0.4, 0.5) is 5.95 Å². The highest BCUT2D eigenvalue weighted by Crippen LogP contribution is 2.29. The third-order valence-electron chi connectivity index (χ3n) is 3.42. The number of imidazole rings is 1. The quantitative estimate of drug-likeness (QED) is 0.810. The van der Waals surface area contributed by atoms with Crippen molar-refractivity contribution < 1.29 is 4.79 Å². The number of hydrogen-bond donors (Lipinski definition) is 0. The largest absolute Gasteiger partial charge is 0.273 e. The summed E-state index contributed by atoms with van der Waals surface area (Å²) in [5.41, 5.74) is 2.56. The van der Waals surface area contributed by atoms with E-state index < -0.39 is 0 Å². The Morgan fingerprint density at radius 1 is 1.33 bits per heavy atom. The lowest BCUT2D eigenvalue weighted by Crippen LogP contribution is -2.30. The van der Waals surface area contributed by atoms with Gasteiger partial charge in [0.2, 0.25) is 11.9 Å². The van der Waals surface area contributed by atoms with E-state index >= 15 is 0 Å². The maximum Gasteiger partial charge on any atom is 0.242 e. The maximum absolute atomic E-state index is 12.5. The molecule has 1 aliphatic heterocycles. The van der Waals surface area contributed by atoms with Crippen molar-refractivity contribution in [3.05, 3.63) is 24.3 Å². The second kappa shape index (κ2) is 4.05. The number of rotatable bonds is 2. The SMILES string of the molecule is CCCC1C(=O)n2c(nc3ccccc32)N=C1C. The minimum atomic E-state index is -0.0971. The van der Waals surface area contributed by atoms with Gasteiger partial charge in [0, 0.05) is 5.71 Å². The van der Waals surface area contributed by atoms with Gasteiger partial charge in [0.1, 0.15) is 0 Å². The first-order valence-electron chi connectivity index (χ1n) is 6.29. The summed E-state index contributed by atoms with van der Waals surface area (Å²) in [6.07, 6.45) is 1.82. The van der Waals surface area contributed by atoms with Gasteiger partial charge >= 0.3 is 0 Å². The Balaban J connectivity index is 2.22. The summed E-state index contributed by atoms with van der Waals surface area (Å²) in [6.45, 7) is 4.00. The number of hydrogen-bond acceptors (Lipinski definition) is 3. The Labute approximate surface area is 105 Å². The van der Waals surface area contributed by atoms with E-state index in [0.29, 0.717) is 5.95 Å². The van der Waals surface area contributed by atoms with Crippen molar-refractivity contribution in [3.8, 4) is 0 Å². The number of carbonyl (C=O) groups is 1. The van der Waals surface area contributed by atoms with Crippen molar-refractivity contribution in [3.63, 3.8) is 0 Å². The van der Waals surface area contributed by atoms with Gasteiger partial charge in [-0.05, 0) is 25.5 Å². The topological polar surface area (TPSA) is 47.2 Å². The molecule has 1 atom stereocenters. The average Bonchev–Trinajstić information content (AvgIpc) is 2.72. The lowest BCUT2D eigenvalue weighted by Gasteiger charge is -2.20. The monoisotopic (exact) mass is 241 g/mol. The number of aromatic nitrogens is 2. The molecule has 0 saturated carbocycles. The molecular formula is C14H15N3O. The zero-order valence-corrected chi connectivity index (χ0v) is 10.6. The molecular weight excluding hydrogens is 226 g/mol. The average molecular weight is 241 g/mol. The van der Waals surface area contributed by atoms with Crippen LogP contribution >= 0.6 is 0 Å². The highest BCUT2D eigenvalue weighted by atomic mass is 16.2. The van der Waals surface area contributed by atoms with Crippen LogP contribution in [0.5, 0.6) is 0 Å². The van der Waals surface area contributed by atoms with Gasteiger partial charge in [-0.15, -0.1) is 0 Å². The van der Waals surface area contributed by atoms with E-state index in [0.717, 1.165) is 29.6 Å². The second-order valence-corrected chi connectivity index (χ2v) is 4.67. The number of aliphatic imine (C=N–C) groups is 1. The lowest BCUT2D eigenvalue weighted by atomic mass is 9.96. The molecule has 3 rings (SSSR count). The summed E-state index contributed by atoms with van der Waals surface area (Å²) in [5.74, 6) is 0.527. The molecule has 0 spiro atoms. The summed E-state index contributed by atoms with van der Waals surface area (Å²) in [5, 5.41) is 0. The van der Waals surface area contributed by atoms with Gasteiger partial charge in [-0.25, -0.2) is 14.5 Å². The first-order valence-corrected chi connectivity index (χ1v) is 6.29. The van der Waals surface area contributed by atoms with Gasteiger partial charge in [0.25, 0.3) is 0 Å². The van der Waals surface area contributed by atoms with Crippen LogP contribution in [0.15, 0.2) is 29.3 Å². The molecule has 1 unspecified atom stereocenters. The first-order chi connectivity index (χ1) is 8.72. The van der Waals surface area contributed by atoms with Gasteiger partial charge in [-0.2, -0.15) is 0 Å². The minimum absolute atomic E-state index is 0.0971. The van der Waals surface area contributed by atoms with Crippen molar-refractivity contribution >= 4 is 28.6 Å². The van der Waals surface area contributed by atoms with Crippen LogP contribution in [0.2, 0.25) is 0 Å². The van der Waals surface area contributed by atoms with Crippen LogP contribution < -0.4 is 0 Å². The minimum Gasteiger partial charge on any atom is -0.273 e. The Morgan fingerprint density at radius 2 is 2.11 bits per heavy atom. The van der Waals surface area contributed by atoms with Gasteiger partial charge in [0.15, 0.2) is 0 Å². The summed E-state index contributed by atoms with van der Waals surface area (Å²) in [7, 11) is 0. The Kier molecular flexibility index (Phi) is 2.51. The Hall–Kier alpha value is -1.97. The van der Waals surface area contributed by atoms with E-state index in [2.05, 4.69) is 16.9 Å². The molecule has 1 aliphatic rings. The number of fused-ring (bicyclic) bond motifs is 3. The van der Waals surface area contributed by atoms with Crippen molar-refractivity contribution in [1.82, 2.24) is 9.55 Å². The fourth-order valence-electron chi connectivity index (χ4n) is 2.50. The van der Waals surface area contributed by atoms with E-state index in [1.54, 1.807) is 4.57 Å². The zero-order chi connectivity index (χ0) is 12.7. The van der Waals surface area contributed by atoms with Crippen molar-refractivity contribution in [2.24, 2.45) is 10.9 Å². The fraction of sp³-hybridized carbons (Fsp3) is 0.357. The molecule has 18 heavy (non-hydrogen) atoms. The smallest absolute Gasteiger partial charge is 0.242 e. The van der Waals surface area contributed by atoms with E-state index in [1.165, 1.54) is 0 Å². The van der Waals surface area contributed by atoms with Gasteiger partial charge in [0.05, 0.1) is 17.0 Å². The van der Waals surface area contributed by atoms with Crippen LogP contribution in [0.25, 0.3) is 11.0 Å². The summed E-state index contributed by atoms with van der Waals surface area (Å²) < 4.78 is 1.66.